The average molecular weight is 578 g/mol. The van der Waals surface area contributed by atoms with Crippen molar-refractivity contribution in [1.29, 1.82) is 0 Å². The smallest absolute Gasteiger partial charge is 0.243 e. The van der Waals surface area contributed by atoms with Crippen LogP contribution < -0.4 is 5.32 Å². The topological polar surface area (TPSA) is 99.7 Å². The third-order valence-electron chi connectivity index (χ3n) is 6.12. The molecule has 1 aliphatic heterocycles. The predicted octanol–water partition coefficient (Wildman–Crippen LogP) is 4.98. The van der Waals surface area contributed by atoms with Crippen LogP contribution in [0.1, 0.15) is 0 Å². The Bertz CT molecular complexity index is 1660. The van der Waals surface area contributed by atoms with Gasteiger partial charge in [-0.25, -0.2) is 16.8 Å². The Kier molecular flexibility index (Phi) is 7.14. The fourth-order valence-electron chi connectivity index (χ4n) is 4.15. The van der Waals surface area contributed by atoms with Crippen LogP contribution in [0.5, 0.6) is 0 Å². The summed E-state index contributed by atoms with van der Waals surface area (Å²) in [6.07, 6.45) is 1.67. The van der Waals surface area contributed by atoms with Crippen LogP contribution in [-0.4, -0.2) is 56.6 Å². The number of sulfonamides is 2. The number of benzene rings is 3. The fourth-order valence-corrected chi connectivity index (χ4v) is 7.29. The maximum absolute atomic E-state index is 13.2. The van der Waals surface area contributed by atoms with Crippen molar-refractivity contribution in [2.45, 2.75) is 9.79 Å². The van der Waals surface area contributed by atoms with E-state index in [0.29, 0.717) is 15.7 Å². The van der Waals surface area contributed by atoms with Crippen LogP contribution in [0, 0.1) is 0 Å². The van der Waals surface area contributed by atoms with Crippen LogP contribution in [0.25, 0.3) is 10.9 Å². The molecule has 1 aromatic heterocycles. The van der Waals surface area contributed by atoms with E-state index in [2.05, 4.69) is 10.3 Å². The molecule has 0 aliphatic carbocycles. The summed E-state index contributed by atoms with van der Waals surface area (Å²) in [6, 6.07) is 19.6. The molecule has 0 radical (unpaired) electrons. The van der Waals surface area contributed by atoms with E-state index in [1.54, 1.807) is 30.5 Å². The number of aromatic nitrogens is 1. The quantitative estimate of drug-likeness (QED) is 0.347. The van der Waals surface area contributed by atoms with Crippen LogP contribution in [0.4, 0.5) is 11.4 Å². The number of pyridine rings is 1. The summed E-state index contributed by atoms with van der Waals surface area (Å²) in [5, 5.41) is 5.21. The molecule has 4 aromatic rings. The molecule has 5 rings (SSSR count). The van der Waals surface area contributed by atoms with Gasteiger partial charge in [0, 0.05) is 59.2 Å². The van der Waals surface area contributed by atoms with Crippen molar-refractivity contribution in [3.8, 4) is 0 Å². The average Bonchev–Trinajstić information content (AvgIpc) is 2.89. The van der Waals surface area contributed by atoms with E-state index in [-0.39, 0.29) is 36.0 Å². The van der Waals surface area contributed by atoms with Gasteiger partial charge >= 0.3 is 0 Å². The highest BCUT2D eigenvalue weighted by Crippen LogP contribution is 2.28. The molecule has 1 N–H and O–H groups in total. The van der Waals surface area contributed by atoms with Crippen molar-refractivity contribution in [1.82, 2.24) is 13.6 Å². The maximum Gasteiger partial charge on any atom is 0.243 e. The number of piperazine rings is 1. The molecular formula is C25H22Cl2N4O4S2. The number of anilines is 2. The SMILES string of the molecule is O=S(=O)(c1ccc(Cl)cc1)N1CCN(S(=O)(=O)c2ccc(Nc3ccnc4cc(Cl)ccc34)cc2)CC1. The van der Waals surface area contributed by atoms with Crippen molar-refractivity contribution < 1.29 is 16.8 Å². The first-order valence-corrected chi connectivity index (χ1v) is 15.0. The summed E-state index contributed by atoms with van der Waals surface area (Å²) in [5.41, 5.74) is 2.27. The van der Waals surface area contributed by atoms with Gasteiger partial charge in [-0.1, -0.05) is 23.2 Å². The van der Waals surface area contributed by atoms with Gasteiger partial charge < -0.3 is 5.32 Å². The number of nitrogens with one attached hydrogen (secondary N) is 1. The van der Waals surface area contributed by atoms with Gasteiger partial charge in [0.1, 0.15) is 0 Å². The van der Waals surface area contributed by atoms with Crippen molar-refractivity contribution in [2.24, 2.45) is 0 Å². The Morgan fingerprint density at radius 1 is 0.676 bits per heavy atom. The summed E-state index contributed by atoms with van der Waals surface area (Å²) in [6.45, 7) is 0.230. The molecule has 1 saturated heterocycles. The zero-order chi connectivity index (χ0) is 26.2. The van der Waals surface area contributed by atoms with Crippen LogP contribution >= 0.6 is 23.2 Å². The van der Waals surface area contributed by atoms with Crippen LogP contribution in [-0.2, 0) is 20.0 Å². The van der Waals surface area contributed by atoms with Gasteiger partial charge in [-0.3, -0.25) is 4.98 Å². The first kappa shape index (κ1) is 25.9. The van der Waals surface area contributed by atoms with Crippen molar-refractivity contribution in [3.63, 3.8) is 0 Å². The van der Waals surface area contributed by atoms with E-state index >= 15 is 0 Å². The normalized spacial score (nSPS) is 15.6. The number of hydrogen-bond donors (Lipinski definition) is 1. The molecule has 0 atom stereocenters. The lowest BCUT2D eigenvalue weighted by atomic mass is 10.2. The van der Waals surface area contributed by atoms with Crippen molar-refractivity contribution in [2.75, 3.05) is 31.5 Å². The van der Waals surface area contributed by atoms with Gasteiger partial charge in [0.25, 0.3) is 0 Å². The molecule has 0 bridgehead atoms. The molecule has 3 aromatic carbocycles. The number of hydrogen-bond acceptors (Lipinski definition) is 6. The van der Waals surface area contributed by atoms with Gasteiger partial charge in [-0.15, -0.1) is 0 Å². The number of fused-ring (bicyclic) bond motifs is 1. The molecule has 0 saturated carbocycles. The lowest BCUT2D eigenvalue weighted by Gasteiger charge is -2.33. The maximum atomic E-state index is 13.2. The second-order valence-electron chi connectivity index (χ2n) is 8.43. The predicted molar refractivity (Wildman–Crippen MR) is 145 cm³/mol. The summed E-state index contributed by atoms with van der Waals surface area (Å²) in [7, 11) is -7.52. The van der Waals surface area contributed by atoms with Crippen LogP contribution in [0.2, 0.25) is 10.0 Å². The highest BCUT2D eigenvalue weighted by molar-refractivity contribution is 7.89. The molecule has 8 nitrogen and oxygen atoms in total. The van der Waals surface area contributed by atoms with Gasteiger partial charge in [0.2, 0.25) is 20.0 Å². The van der Waals surface area contributed by atoms with E-state index in [9.17, 15) is 16.8 Å². The zero-order valence-corrected chi connectivity index (χ0v) is 22.5. The lowest BCUT2D eigenvalue weighted by molar-refractivity contribution is 0.273. The first-order chi connectivity index (χ1) is 17.6. The Balaban J connectivity index is 1.28. The van der Waals surface area contributed by atoms with E-state index < -0.39 is 20.0 Å². The van der Waals surface area contributed by atoms with E-state index in [1.807, 2.05) is 12.1 Å². The largest absolute Gasteiger partial charge is 0.355 e. The molecule has 2 heterocycles. The minimum absolute atomic E-state index is 0.0563. The third-order valence-corrected chi connectivity index (χ3v) is 10.4. The van der Waals surface area contributed by atoms with Gasteiger partial charge in [-0.2, -0.15) is 8.61 Å². The highest BCUT2D eigenvalue weighted by atomic mass is 35.5. The summed E-state index contributed by atoms with van der Waals surface area (Å²) in [4.78, 5) is 4.59. The summed E-state index contributed by atoms with van der Waals surface area (Å²) < 4.78 is 54.9. The van der Waals surface area contributed by atoms with E-state index in [0.717, 1.165) is 16.6 Å². The third kappa shape index (κ3) is 5.31. The monoisotopic (exact) mass is 576 g/mol. The number of halogens is 2. The van der Waals surface area contributed by atoms with Crippen LogP contribution in [0.15, 0.2) is 88.8 Å². The molecule has 1 aliphatic rings. The Morgan fingerprint density at radius 3 is 1.76 bits per heavy atom. The minimum atomic E-state index is -3.79. The Labute approximate surface area is 225 Å². The molecule has 1 fully saturated rings. The van der Waals surface area contributed by atoms with Gasteiger partial charge in [-0.05, 0) is 72.8 Å². The second kappa shape index (κ2) is 10.2. The van der Waals surface area contributed by atoms with Gasteiger partial charge in [0.15, 0.2) is 0 Å². The van der Waals surface area contributed by atoms with Gasteiger partial charge in [0.05, 0.1) is 15.3 Å². The fraction of sp³-hybridized carbons (Fsp3) is 0.160. The highest BCUT2D eigenvalue weighted by Gasteiger charge is 2.33. The molecule has 0 spiro atoms. The summed E-state index contributed by atoms with van der Waals surface area (Å²) >= 11 is 11.9. The second-order valence-corrected chi connectivity index (χ2v) is 13.2. The first-order valence-electron chi connectivity index (χ1n) is 11.3. The Hall–Kier alpha value is -2.73. The minimum Gasteiger partial charge on any atom is -0.355 e. The van der Waals surface area contributed by atoms with Crippen LogP contribution in [0.3, 0.4) is 0 Å². The zero-order valence-electron chi connectivity index (χ0n) is 19.4. The molecule has 12 heteroatoms. The Morgan fingerprint density at radius 2 is 1.19 bits per heavy atom. The molecule has 0 amide bonds. The van der Waals surface area contributed by atoms with E-state index in [1.165, 1.54) is 45.0 Å². The van der Waals surface area contributed by atoms with Crippen molar-refractivity contribution >= 4 is 65.5 Å². The standard InChI is InChI=1S/C25H22Cl2N4O4S2/c26-18-1-6-21(7-2-18)36(32,33)30-13-15-31(16-14-30)37(34,35)22-8-4-20(5-9-22)29-24-11-12-28-25-17-19(27)3-10-23(24)25/h1-12,17H,13-16H2,(H,28,29). The molecule has 37 heavy (non-hydrogen) atoms. The molecule has 0 unspecified atom stereocenters. The molecular weight excluding hydrogens is 555 g/mol. The molecule has 192 valence electrons. The van der Waals surface area contributed by atoms with Crippen molar-refractivity contribution in [3.05, 3.63) is 89.0 Å². The number of nitrogens with zero attached hydrogens (tertiary/aromatic N) is 3. The van der Waals surface area contributed by atoms with E-state index in [4.69, 9.17) is 23.2 Å². The summed E-state index contributed by atoms with van der Waals surface area (Å²) in [5.74, 6) is 0. The lowest BCUT2D eigenvalue weighted by Crippen LogP contribution is -2.50. The number of rotatable bonds is 6.